The Bertz CT molecular complexity index is 1010. The summed E-state index contributed by atoms with van der Waals surface area (Å²) in [6, 6.07) is 3.29. The van der Waals surface area contributed by atoms with Crippen molar-refractivity contribution in [2.75, 3.05) is 0 Å². The first kappa shape index (κ1) is 13.3. The maximum Gasteiger partial charge on any atom is 0.190 e. The van der Waals surface area contributed by atoms with Crippen molar-refractivity contribution < 1.29 is 19.8 Å². The number of carbonyl (C=O) groups excluding carboxylic acids is 2. The van der Waals surface area contributed by atoms with Gasteiger partial charge in [0.2, 0.25) is 0 Å². The Labute approximate surface area is 137 Å². The predicted octanol–water partition coefficient (Wildman–Crippen LogP) is 3.12. The molecule has 0 unspecified atom stereocenters. The average Bonchev–Trinajstić information content (AvgIpc) is 2.57. The molecule has 2 N–H and O–H groups in total. The van der Waals surface area contributed by atoms with Gasteiger partial charge >= 0.3 is 0 Å². The van der Waals surface area contributed by atoms with Gasteiger partial charge in [0.1, 0.15) is 11.5 Å². The lowest BCUT2D eigenvalue weighted by atomic mass is 9.63. The van der Waals surface area contributed by atoms with Crippen molar-refractivity contribution in [2.45, 2.75) is 0 Å². The van der Waals surface area contributed by atoms with Crippen LogP contribution in [0, 0.1) is 11.8 Å². The summed E-state index contributed by atoms with van der Waals surface area (Å²) < 4.78 is 0. The first-order valence-corrected chi connectivity index (χ1v) is 7.74. The molecule has 116 valence electrons. The second-order valence-electron chi connectivity index (χ2n) is 6.35. The largest absolute Gasteiger partial charge is 0.512 e. The van der Waals surface area contributed by atoms with Crippen LogP contribution in [0.2, 0.25) is 0 Å². The fourth-order valence-electron chi connectivity index (χ4n) is 4.21. The van der Waals surface area contributed by atoms with Gasteiger partial charge in [0.25, 0.3) is 0 Å². The molecule has 0 spiro atoms. The molecular weight excluding hydrogens is 304 g/mol. The normalized spacial score (nSPS) is 26.0. The third kappa shape index (κ3) is 1.43. The summed E-state index contributed by atoms with van der Waals surface area (Å²) >= 11 is 0. The Morgan fingerprint density at radius 3 is 2.50 bits per heavy atom. The van der Waals surface area contributed by atoms with Crippen molar-refractivity contribution in [1.29, 1.82) is 0 Å². The Hall–Kier alpha value is -3.14. The minimum absolute atomic E-state index is 0.0399. The molecule has 0 radical (unpaired) electrons. The zero-order chi connectivity index (χ0) is 16.6. The Balaban J connectivity index is 1.95. The molecule has 0 aromatic heterocycles. The van der Waals surface area contributed by atoms with E-state index in [-0.39, 0.29) is 29.0 Å². The van der Waals surface area contributed by atoms with Crippen LogP contribution >= 0.6 is 0 Å². The molecule has 24 heavy (non-hydrogen) atoms. The number of rotatable bonds is 0. The van der Waals surface area contributed by atoms with Gasteiger partial charge in [-0.1, -0.05) is 24.3 Å². The summed E-state index contributed by atoms with van der Waals surface area (Å²) in [5, 5.41) is 20.4. The highest BCUT2D eigenvalue weighted by Gasteiger charge is 2.44. The SMILES string of the molecule is O=C1C=CC2=C3C=CC(=O)[C@H]4C(O)=CC=C(c5ccc(O)c1c52)[C@H]34. The van der Waals surface area contributed by atoms with E-state index < -0.39 is 5.92 Å². The van der Waals surface area contributed by atoms with E-state index in [9.17, 15) is 19.8 Å². The first-order chi connectivity index (χ1) is 11.6. The van der Waals surface area contributed by atoms with Crippen molar-refractivity contribution in [2.24, 2.45) is 11.8 Å². The van der Waals surface area contributed by atoms with Crippen LogP contribution in [0.25, 0.3) is 11.1 Å². The quantitative estimate of drug-likeness (QED) is 0.771. The minimum Gasteiger partial charge on any atom is -0.512 e. The number of hydrogen-bond acceptors (Lipinski definition) is 4. The predicted molar refractivity (Wildman–Crippen MR) is 88.3 cm³/mol. The highest BCUT2D eigenvalue weighted by molar-refractivity contribution is 6.17. The molecule has 0 saturated heterocycles. The van der Waals surface area contributed by atoms with Gasteiger partial charge < -0.3 is 10.2 Å². The number of carbonyl (C=O) groups is 2. The van der Waals surface area contributed by atoms with Crippen LogP contribution in [-0.2, 0) is 4.79 Å². The molecule has 4 nitrogen and oxygen atoms in total. The van der Waals surface area contributed by atoms with E-state index in [0.29, 0.717) is 11.1 Å². The molecule has 0 fully saturated rings. The van der Waals surface area contributed by atoms with Crippen LogP contribution in [0.15, 0.2) is 59.9 Å². The smallest absolute Gasteiger partial charge is 0.190 e. The molecule has 5 rings (SSSR count). The number of ketones is 2. The Morgan fingerprint density at radius 2 is 1.67 bits per heavy atom. The molecule has 0 aliphatic heterocycles. The van der Waals surface area contributed by atoms with Crippen LogP contribution in [-0.4, -0.2) is 21.8 Å². The lowest BCUT2D eigenvalue weighted by molar-refractivity contribution is -0.118. The van der Waals surface area contributed by atoms with Gasteiger partial charge in [-0.3, -0.25) is 9.59 Å². The van der Waals surface area contributed by atoms with Crippen molar-refractivity contribution in [3.8, 4) is 5.75 Å². The molecular formula is C20H12O4. The van der Waals surface area contributed by atoms with Crippen molar-refractivity contribution >= 4 is 22.7 Å². The molecule has 1 aromatic rings. The van der Waals surface area contributed by atoms with E-state index in [1.54, 1.807) is 30.4 Å². The molecule has 4 heteroatoms. The summed E-state index contributed by atoms with van der Waals surface area (Å²) in [7, 11) is 0. The van der Waals surface area contributed by atoms with Crippen LogP contribution in [0.1, 0.15) is 21.5 Å². The van der Waals surface area contributed by atoms with E-state index in [2.05, 4.69) is 0 Å². The maximum absolute atomic E-state index is 12.3. The lowest BCUT2D eigenvalue weighted by Gasteiger charge is -2.39. The maximum atomic E-state index is 12.3. The number of benzene rings is 1. The highest BCUT2D eigenvalue weighted by Crippen LogP contribution is 2.53. The van der Waals surface area contributed by atoms with Crippen LogP contribution in [0.4, 0.5) is 0 Å². The molecule has 4 aliphatic carbocycles. The number of phenolic OH excluding ortho intramolecular Hbond substituents is 1. The average molecular weight is 316 g/mol. The van der Waals surface area contributed by atoms with Crippen LogP contribution in [0.3, 0.4) is 0 Å². The number of aliphatic hydroxyl groups excluding tert-OH is 1. The highest BCUT2D eigenvalue weighted by atomic mass is 16.3. The zero-order valence-electron chi connectivity index (χ0n) is 12.5. The first-order valence-electron chi connectivity index (χ1n) is 7.74. The van der Waals surface area contributed by atoms with Gasteiger partial charge in [-0.15, -0.1) is 0 Å². The van der Waals surface area contributed by atoms with Crippen LogP contribution in [0.5, 0.6) is 5.75 Å². The number of phenols is 1. The van der Waals surface area contributed by atoms with Crippen molar-refractivity contribution in [3.63, 3.8) is 0 Å². The summed E-state index contributed by atoms with van der Waals surface area (Å²) in [4.78, 5) is 24.6. The summed E-state index contributed by atoms with van der Waals surface area (Å²) in [5.41, 5.74) is 4.48. The number of fused-ring (bicyclic) bond motifs is 1. The van der Waals surface area contributed by atoms with E-state index >= 15 is 0 Å². The van der Waals surface area contributed by atoms with E-state index in [1.807, 2.05) is 0 Å². The second kappa shape index (κ2) is 4.23. The minimum atomic E-state index is -0.617. The number of allylic oxidation sites excluding steroid dienone is 10. The Morgan fingerprint density at radius 1 is 0.833 bits per heavy atom. The molecule has 0 bridgehead atoms. The second-order valence-corrected chi connectivity index (χ2v) is 6.35. The fourth-order valence-corrected chi connectivity index (χ4v) is 4.21. The van der Waals surface area contributed by atoms with Crippen molar-refractivity contribution in [3.05, 3.63) is 76.6 Å². The van der Waals surface area contributed by atoms with Crippen LogP contribution < -0.4 is 0 Å². The van der Waals surface area contributed by atoms with Gasteiger partial charge in [0, 0.05) is 11.5 Å². The van der Waals surface area contributed by atoms with Gasteiger partial charge in [-0.2, -0.15) is 0 Å². The molecule has 2 atom stereocenters. The third-order valence-corrected chi connectivity index (χ3v) is 5.21. The summed E-state index contributed by atoms with van der Waals surface area (Å²) in [6.45, 7) is 0. The molecule has 0 heterocycles. The van der Waals surface area contributed by atoms with Gasteiger partial charge in [-0.05, 0) is 46.6 Å². The van der Waals surface area contributed by atoms with E-state index in [0.717, 1.165) is 22.3 Å². The number of aromatic hydroxyl groups is 1. The monoisotopic (exact) mass is 316 g/mol. The van der Waals surface area contributed by atoms with Gasteiger partial charge in [-0.25, -0.2) is 0 Å². The lowest BCUT2D eigenvalue weighted by Crippen LogP contribution is -2.34. The molecule has 1 aromatic carbocycles. The summed E-state index contributed by atoms with van der Waals surface area (Å²) in [6.07, 6.45) is 9.79. The Kier molecular flexibility index (Phi) is 2.35. The number of aliphatic hydroxyl groups is 1. The third-order valence-electron chi connectivity index (χ3n) is 5.21. The molecule has 0 saturated carbocycles. The molecule has 0 amide bonds. The van der Waals surface area contributed by atoms with Crippen molar-refractivity contribution in [1.82, 2.24) is 0 Å². The van der Waals surface area contributed by atoms with Gasteiger partial charge in [0.15, 0.2) is 11.6 Å². The fraction of sp³-hybridized carbons (Fsp3) is 0.100. The van der Waals surface area contributed by atoms with E-state index in [4.69, 9.17) is 0 Å². The topological polar surface area (TPSA) is 74.6 Å². The molecule has 4 aliphatic rings. The summed E-state index contributed by atoms with van der Waals surface area (Å²) in [5.74, 6) is -1.20. The standard InChI is InChI=1S/C20H12O4/c21-13-5-1-9-10-2-6-15(23)20-16(24)8-4-12(18(10)20)11-3-7-14(22)19(13)17(9)11/h1-8,17,19,21,23H/t17-,19-/m1/s1. The zero-order valence-corrected chi connectivity index (χ0v) is 12.5. The van der Waals surface area contributed by atoms with Gasteiger partial charge in [0.05, 0.1) is 11.5 Å². The van der Waals surface area contributed by atoms with E-state index in [1.165, 1.54) is 18.2 Å². The number of hydrogen-bond donors (Lipinski definition) is 2.